The molecule has 0 saturated heterocycles. The van der Waals surface area contributed by atoms with Gasteiger partial charge in [-0.15, -0.1) is 5.10 Å². The van der Waals surface area contributed by atoms with Crippen molar-refractivity contribution in [3.8, 4) is 28.9 Å². The molecule has 1 atom stereocenters. The van der Waals surface area contributed by atoms with E-state index in [1.54, 1.807) is 32.2 Å². The number of fused-ring (bicyclic) bond motifs is 6. The molecule has 0 N–H and O–H groups in total. The number of rotatable bonds is 6. The van der Waals surface area contributed by atoms with E-state index < -0.39 is 0 Å². The van der Waals surface area contributed by atoms with Crippen molar-refractivity contribution in [2.45, 2.75) is 12.3 Å². The summed E-state index contributed by atoms with van der Waals surface area (Å²) in [6, 6.07) is 26.4. The highest BCUT2D eigenvalue weighted by molar-refractivity contribution is 5.90. The average molecular weight is 531 g/mol. The fraction of sp³-hybridized carbons (Fsp3) is 0.156. The molecule has 8 heteroatoms. The van der Waals surface area contributed by atoms with E-state index in [0.717, 1.165) is 44.5 Å². The summed E-state index contributed by atoms with van der Waals surface area (Å²) in [6.45, 7) is 0. The Bertz CT molecular complexity index is 1880. The minimum Gasteiger partial charge on any atom is -0.497 e. The molecule has 8 nitrogen and oxygen atoms in total. The predicted octanol–water partition coefficient (Wildman–Crippen LogP) is 6.18. The van der Waals surface area contributed by atoms with Gasteiger partial charge in [0, 0.05) is 17.9 Å². The van der Waals surface area contributed by atoms with Crippen molar-refractivity contribution in [3.05, 3.63) is 113 Å². The molecule has 0 unspecified atom stereocenters. The summed E-state index contributed by atoms with van der Waals surface area (Å²) in [4.78, 5) is 9.70. The summed E-state index contributed by atoms with van der Waals surface area (Å²) in [6.07, 6.45) is 2.18. The van der Waals surface area contributed by atoms with Crippen LogP contribution in [0.3, 0.4) is 0 Å². The number of benzene rings is 4. The maximum Gasteiger partial charge on any atom is 0.228 e. The van der Waals surface area contributed by atoms with Crippen LogP contribution in [0.1, 0.15) is 34.0 Å². The minimum atomic E-state index is -0.176. The van der Waals surface area contributed by atoms with E-state index in [0.29, 0.717) is 35.3 Å². The molecule has 3 heterocycles. The summed E-state index contributed by atoms with van der Waals surface area (Å²) in [5, 5.41) is 7.05. The van der Waals surface area contributed by atoms with E-state index in [9.17, 15) is 0 Å². The standard InChI is InChI=1S/C32H26N4O4/c1-37-22-12-9-21(10-13-22)28-29-23-7-5-4-6-20(23)11-15-25(29)40-32-30(28)31-34-27(35-36(31)18-33-32)17-19-8-14-24(38-2)26(16-19)39-3/h4-16,18,28H,17H2,1-3H3/t28-/m1/s1. The molecular formula is C32H26N4O4. The van der Waals surface area contributed by atoms with Crippen LogP contribution in [0.2, 0.25) is 0 Å². The summed E-state index contributed by atoms with van der Waals surface area (Å²) in [5.74, 6) is 3.95. The van der Waals surface area contributed by atoms with Gasteiger partial charge in [-0.25, -0.2) is 14.5 Å². The Hall–Kier alpha value is -5.11. The molecule has 0 fully saturated rings. The lowest BCUT2D eigenvalue weighted by molar-refractivity contribution is 0.354. The van der Waals surface area contributed by atoms with Gasteiger partial charge in [-0.2, -0.15) is 0 Å². The van der Waals surface area contributed by atoms with Gasteiger partial charge in [0.05, 0.1) is 26.9 Å². The van der Waals surface area contributed by atoms with Crippen molar-refractivity contribution in [2.24, 2.45) is 0 Å². The second-order valence-electron chi connectivity index (χ2n) is 9.63. The van der Waals surface area contributed by atoms with Crippen LogP contribution in [0.5, 0.6) is 28.9 Å². The fourth-order valence-corrected chi connectivity index (χ4v) is 5.53. The number of ether oxygens (including phenoxy) is 4. The number of methoxy groups -OCH3 is 3. The minimum absolute atomic E-state index is 0.176. The summed E-state index contributed by atoms with van der Waals surface area (Å²) in [7, 11) is 4.93. The largest absolute Gasteiger partial charge is 0.497 e. The topological polar surface area (TPSA) is 80.0 Å². The third-order valence-corrected chi connectivity index (χ3v) is 7.40. The molecule has 0 amide bonds. The lowest BCUT2D eigenvalue weighted by Gasteiger charge is -2.29. The van der Waals surface area contributed by atoms with Crippen LogP contribution in [0.4, 0.5) is 0 Å². The zero-order chi connectivity index (χ0) is 27.2. The lowest BCUT2D eigenvalue weighted by atomic mass is 9.81. The molecule has 6 aromatic rings. The van der Waals surface area contributed by atoms with Crippen molar-refractivity contribution in [2.75, 3.05) is 21.3 Å². The maximum atomic E-state index is 6.43. The van der Waals surface area contributed by atoms with E-state index in [-0.39, 0.29) is 5.92 Å². The first-order chi connectivity index (χ1) is 19.7. The van der Waals surface area contributed by atoms with E-state index in [1.165, 1.54) is 0 Å². The van der Waals surface area contributed by atoms with Gasteiger partial charge >= 0.3 is 0 Å². The molecule has 0 bridgehead atoms. The summed E-state index contributed by atoms with van der Waals surface area (Å²) in [5.41, 5.74) is 4.76. The van der Waals surface area contributed by atoms with Crippen LogP contribution in [-0.2, 0) is 6.42 Å². The lowest BCUT2D eigenvalue weighted by Crippen LogP contribution is -2.15. The fourth-order valence-electron chi connectivity index (χ4n) is 5.53. The second-order valence-corrected chi connectivity index (χ2v) is 9.63. The molecule has 2 aromatic heterocycles. The van der Waals surface area contributed by atoms with Gasteiger partial charge in [0.1, 0.15) is 17.8 Å². The molecule has 1 aliphatic rings. The van der Waals surface area contributed by atoms with E-state index in [2.05, 4.69) is 41.4 Å². The highest BCUT2D eigenvalue weighted by Gasteiger charge is 2.34. The Balaban J connectivity index is 1.40. The second kappa shape index (κ2) is 9.57. The van der Waals surface area contributed by atoms with Crippen molar-refractivity contribution in [3.63, 3.8) is 0 Å². The van der Waals surface area contributed by atoms with Gasteiger partial charge in [-0.05, 0) is 52.2 Å². The van der Waals surface area contributed by atoms with Gasteiger partial charge in [-0.1, -0.05) is 48.5 Å². The van der Waals surface area contributed by atoms with Gasteiger partial charge in [0.2, 0.25) is 5.88 Å². The number of hydrogen-bond donors (Lipinski definition) is 0. The van der Waals surface area contributed by atoms with Crippen LogP contribution in [0.15, 0.2) is 85.2 Å². The third-order valence-electron chi connectivity index (χ3n) is 7.40. The monoisotopic (exact) mass is 530 g/mol. The first kappa shape index (κ1) is 24.0. The van der Waals surface area contributed by atoms with Gasteiger partial charge in [0.25, 0.3) is 0 Å². The molecule has 0 radical (unpaired) electrons. The first-order valence-corrected chi connectivity index (χ1v) is 13.0. The van der Waals surface area contributed by atoms with Crippen LogP contribution < -0.4 is 18.9 Å². The smallest absolute Gasteiger partial charge is 0.228 e. The molecule has 0 spiro atoms. The normalized spacial score (nSPS) is 13.9. The van der Waals surface area contributed by atoms with Gasteiger partial charge in [-0.3, -0.25) is 0 Å². The van der Waals surface area contributed by atoms with Crippen molar-refractivity contribution < 1.29 is 18.9 Å². The zero-order valence-corrected chi connectivity index (χ0v) is 22.3. The van der Waals surface area contributed by atoms with Gasteiger partial charge in [0.15, 0.2) is 23.0 Å². The zero-order valence-electron chi connectivity index (χ0n) is 22.3. The molecule has 4 aromatic carbocycles. The van der Waals surface area contributed by atoms with Crippen molar-refractivity contribution in [1.29, 1.82) is 0 Å². The SMILES string of the molecule is COc1ccc([C@@H]2c3c(ccc4ccccc34)Oc3ncn4nc(Cc5ccc(OC)c(OC)c5)nc4c32)cc1. The van der Waals surface area contributed by atoms with Crippen LogP contribution in [-0.4, -0.2) is 40.9 Å². The van der Waals surface area contributed by atoms with E-state index in [4.69, 9.17) is 29.0 Å². The number of aromatic nitrogens is 4. The number of nitrogens with zero attached hydrogens (tertiary/aromatic N) is 4. The maximum absolute atomic E-state index is 6.43. The average Bonchev–Trinajstić information content (AvgIpc) is 3.42. The van der Waals surface area contributed by atoms with Crippen molar-refractivity contribution in [1.82, 2.24) is 19.6 Å². The highest BCUT2D eigenvalue weighted by Crippen LogP contribution is 2.50. The third kappa shape index (κ3) is 3.88. The molecule has 40 heavy (non-hydrogen) atoms. The summed E-state index contributed by atoms with van der Waals surface area (Å²) < 4.78 is 24.5. The van der Waals surface area contributed by atoms with Crippen molar-refractivity contribution >= 4 is 16.4 Å². The molecule has 1 aliphatic heterocycles. The quantitative estimate of drug-likeness (QED) is 0.254. The Morgan fingerprint density at radius 2 is 1.65 bits per heavy atom. The van der Waals surface area contributed by atoms with Crippen LogP contribution in [0, 0.1) is 0 Å². The van der Waals surface area contributed by atoms with Gasteiger partial charge < -0.3 is 18.9 Å². The van der Waals surface area contributed by atoms with E-state index >= 15 is 0 Å². The first-order valence-electron chi connectivity index (χ1n) is 13.0. The van der Waals surface area contributed by atoms with Crippen LogP contribution >= 0.6 is 0 Å². The molecule has 198 valence electrons. The predicted molar refractivity (Wildman–Crippen MR) is 151 cm³/mol. The molecule has 0 saturated carbocycles. The number of hydrogen-bond acceptors (Lipinski definition) is 7. The Morgan fingerprint density at radius 3 is 2.45 bits per heavy atom. The Labute approximate surface area is 230 Å². The molecular weight excluding hydrogens is 504 g/mol. The Morgan fingerprint density at radius 1 is 0.825 bits per heavy atom. The Kier molecular flexibility index (Phi) is 5.73. The molecule has 7 rings (SSSR count). The molecule has 0 aliphatic carbocycles. The highest BCUT2D eigenvalue weighted by atomic mass is 16.5. The summed E-state index contributed by atoms with van der Waals surface area (Å²) >= 11 is 0. The van der Waals surface area contributed by atoms with E-state index in [1.807, 2.05) is 42.5 Å². The van der Waals surface area contributed by atoms with Crippen LogP contribution in [0.25, 0.3) is 16.4 Å².